The Morgan fingerprint density at radius 3 is 2.56 bits per heavy atom. The van der Waals surface area contributed by atoms with Crippen molar-refractivity contribution in [2.75, 3.05) is 30.7 Å². The summed E-state index contributed by atoms with van der Waals surface area (Å²) in [6.45, 7) is 0.300. The van der Waals surface area contributed by atoms with Crippen LogP contribution in [-0.2, 0) is 20.5 Å². The molecule has 2 amide bonds. The summed E-state index contributed by atoms with van der Waals surface area (Å²) < 4.78 is 62.2. The average Bonchev–Trinajstić information content (AvgIpc) is 3.37. The van der Waals surface area contributed by atoms with Crippen LogP contribution >= 0.6 is 0 Å². The van der Waals surface area contributed by atoms with Crippen molar-refractivity contribution in [3.05, 3.63) is 71.7 Å². The van der Waals surface area contributed by atoms with E-state index in [1.165, 1.54) is 29.4 Å². The first-order valence-corrected chi connectivity index (χ1v) is 13.8. The number of hydrogen-bond donors (Lipinski definition) is 3. The van der Waals surface area contributed by atoms with Crippen molar-refractivity contribution in [2.24, 2.45) is 5.41 Å². The van der Waals surface area contributed by atoms with Crippen molar-refractivity contribution in [1.29, 1.82) is 0 Å². The first kappa shape index (κ1) is 29.9. The number of aliphatic carboxylic acids is 1. The molecule has 0 bridgehead atoms. The summed E-state index contributed by atoms with van der Waals surface area (Å²) in [6, 6.07) is 4.85. The van der Waals surface area contributed by atoms with Gasteiger partial charge in [-0.2, -0.15) is 13.2 Å². The third kappa shape index (κ3) is 5.30. The molecule has 16 heteroatoms. The SMILES string of the molecule is Nc1nccn2c([C@H]3CN(C(=O)C4(C(=O)O)CCC4)CCO3)nc(-c3ccc(C(=O)Nc4cc(C(F)(F)F)ccn4)cc3F)c12. The lowest BCUT2D eigenvalue weighted by Crippen LogP contribution is -2.55. The minimum Gasteiger partial charge on any atom is -0.480 e. The van der Waals surface area contributed by atoms with Crippen molar-refractivity contribution in [1.82, 2.24) is 24.3 Å². The second-order valence-electron chi connectivity index (χ2n) is 10.8. The lowest BCUT2D eigenvalue weighted by molar-refractivity contribution is -0.171. The minimum absolute atomic E-state index is 0.000188. The van der Waals surface area contributed by atoms with E-state index in [0.29, 0.717) is 12.5 Å². The number of benzene rings is 1. The summed E-state index contributed by atoms with van der Waals surface area (Å²) in [5.74, 6) is -3.52. The molecule has 1 aromatic carbocycles. The van der Waals surface area contributed by atoms with Crippen molar-refractivity contribution in [3.63, 3.8) is 0 Å². The number of nitrogens with two attached hydrogens (primary N) is 1. The Morgan fingerprint density at radius 2 is 1.89 bits per heavy atom. The van der Waals surface area contributed by atoms with E-state index in [1.54, 1.807) is 4.40 Å². The minimum atomic E-state index is -4.65. The zero-order valence-electron chi connectivity index (χ0n) is 23.3. The maximum absolute atomic E-state index is 15.6. The van der Waals surface area contributed by atoms with Gasteiger partial charge in [-0.3, -0.25) is 18.8 Å². The third-order valence-electron chi connectivity index (χ3n) is 8.09. The molecule has 1 aliphatic heterocycles. The van der Waals surface area contributed by atoms with Crippen molar-refractivity contribution in [2.45, 2.75) is 31.5 Å². The van der Waals surface area contributed by atoms with Gasteiger partial charge in [0.1, 0.15) is 46.0 Å². The molecule has 45 heavy (non-hydrogen) atoms. The van der Waals surface area contributed by atoms with Crippen LogP contribution in [0.1, 0.15) is 47.1 Å². The largest absolute Gasteiger partial charge is 0.480 e. The van der Waals surface area contributed by atoms with Gasteiger partial charge in [-0.05, 0) is 43.2 Å². The molecule has 4 heterocycles. The Bertz CT molecular complexity index is 1840. The van der Waals surface area contributed by atoms with E-state index in [4.69, 9.17) is 10.5 Å². The fourth-order valence-electron chi connectivity index (χ4n) is 5.56. The number of rotatable bonds is 6. The third-order valence-corrected chi connectivity index (χ3v) is 8.09. The van der Waals surface area contributed by atoms with Gasteiger partial charge in [0.05, 0.1) is 18.7 Å². The predicted molar refractivity (Wildman–Crippen MR) is 149 cm³/mol. The van der Waals surface area contributed by atoms with E-state index in [1.807, 2.05) is 0 Å². The fourth-order valence-corrected chi connectivity index (χ4v) is 5.56. The first-order chi connectivity index (χ1) is 21.4. The lowest BCUT2D eigenvalue weighted by atomic mass is 9.67. The number of nitrogens with zero attached hydrogens (tertiary/aromatic N) is 5. The van der Waals surface area contributed by atoms with Crippen molar-refractivity contribution >= 4 is 34.9 Å². The number of nitrogen functional groups attached to an aromatic ring is 1. The number of halogens is 4. The van der Waals surface area contributed by atoms with Gasteiger partial charge in [0.25, 0.3) is 5.91 Å². The molecule has 4 aromatic rings. The van der Waals surface area contributed by atoms with E-state index in [9.17, 15) is 32.7 Å². The van der Waals surface area contributed by atoms with Gasteiger partial charge in [0.15, 0.2) is 0 Å². The topological polar surface area (TPSA) is 165 Å². The molecule has 234 valence electrons. The van der Waals surface area contributed by atoms with Gasteiger partial charge in [-0.25, -0.2) is 19.3 Å². The number of alkyl halides is 3. The molecule has 12 nitrogen and oxygen atoms in total. The number of carbonyl (C=O) groups is 3. The Morgan fingerprint density at radius 1 is 1.11 bits per heavy atom. The number of imidazole rings is 1. The van der Waals surface area contributed by atoms with Crippen molar-refractivity contribution in [3.8, 4) is 11.3 Å². The van der Waals surface area contributed by atoms with Gasteiger partial charge in [-0.1, -0.05) is 6.42 Å². The molecule has 0 unspecified atom stereocenters. The van der Waals surface area contributed by atoms with E-state index < -0.39 is 46.9 Å². The highest BCUT2D eigenvalue weighted by molar-refractivity contribution is 6.04. The standard InChI is InChI=1S/C29H25F4N7O5/c30-18-12-15(25(41)37-20-13-16(4-7-35-20)29(31,32)33)2-3-17(18)21-22-23(34)36-8-9-40(22)24(38-21)19-14-39(10-11-45-19)26(42)28(27(43)44)5-1-6-28/h2-4,7-9,12-13,19H,1,5-6,10-11,14H2,(H2,34,36)(H,43,44)(H,35,37,41)/t19-/m1/s1. The molecule has 0 radical (unpaired) electrons. The molecule has 3 aromatic heterocycles. The molecular formula is C29H25F4N7O5. The lowest BCUT2D eigenvalue weighted by Gasteiger charge is -2.42. The molecule has 1 aliphatic carbocycles. The smallest absolute Gasteiger partial charge is 0.416 e. The summed E-state index contributed by atoms with van der Waals surface area (Å²) in [5, 5.41) is 12.0. The van der Waals surface area contributed by atoms with Crippen LogP contribution in [0.4, 0.5) is 29.2 Å². The number of anilines is 2. The number of carboxylic acid groups (broad SMARTS) is 1. The summed E-state index contributed by atoms with van der Waals surface area (Å²) in [5.41, 5.74) is 3.74. The molecule has 1 atom stereocenters. The fraction of sp³-hybridized carbons (Fsp3) is 0.310. The summed E-state index contributed by atoms with van der Waals surface area (Å²) >= 11 is 0. The van der Waals surface area contributed by atoms with Crippen LogP contribution in [0.15, 0.2) is 48.9 Å². The van der Waals surface area contributed by atoms with Gasteiger partial charge in [0, 0.05) is 36.3 Å². The Labute approximate surface area is 251 Å². The quantitative estimate of drug-likeness (QED) is 0.212. The first-order valence-electron chi connectivity index (χ1n) is 13.8. The highest BCUT2D eigenvalue weighted by Gasteiger charge is 2.53. The van der Waals surface area contributed by atoms with Crippen LogP contribution in [0.25, 0.3) is 16.8 Å². The Balaban J connectivity index is 1.29. The molecule has 4 N–H and O–H groups in total. The monoisotopic (exact) mass is 627 g/mol. The van der Waals surface area contributed by atoms with Crippen LogP contribution < -0.4 is 11.1 Å². The summed E-state index contributed by atoms with van der Waals surface area (Å²) in [7, 11) is 0. The van der Waals surface area contributed by atoms with Crippen LogP contribution in [0.5, 0.6) is 0 Å². The number of pyridine rings is 1. The number of carboxylic acids is 1. The Hall–Kier alpha value is -5.12. The normalized spacial score (nSPS) is 18.0. The number of nitrogens with one attached hydrogen (secondary N) is 1. The van der Waals surface area contributed by atoms with Gasteiger partial charge in [0.2, 0.25) is 5.91 Å². The van der Waals surface area contributed by atoms with Crippen LogP contribution in [0.2, 0.25) is 0 Å². The highest BCUT2D eigenvalue weighted by Crippen LogP contribution is 2.44. The number of aromatic nitrogens is 4. The second kappa shape index (κ2) is 11.1. The van der Waals surface area contributed by atoms with E-state index in [-0.39, 0.29) is 72.3 Å². The second-order valence-corrected chi connectivity index (χ2v) is 10.8. The van der Waals surface area contributed by atoms with Gasteiger partial charge < -0.3 is 25.8 Å². The summed E-state index contributed by atoms with van der Waals surface area (Å²) in [6.07, 6.45) is -0.476. The van der Waals surface area contributed by atoms with Gasteiger partial charge >= 0.3 is 12.1 Å². The molecule has 0 spiro atoms. The molecule has 2 fully saturated rings. The van der Waals surface area contributed by atoms with Crippen LogP contribution in [0, 0.1) is 11.2 Å². The number of amides is 2. The maximum atomic E-state index is 15.6. The van der Waals surface area contributed by atoms with Crippen molar-refractivity contribution < 1.29 is 41.8 Å². The van der Waals surface area contributed by atoms with Crippen LogP contribution in [0.3, 0.4) is 0 Å². The molecule has 2 aliphatic rings. The number of ether oxygens (including phenoxy) is 1. The Kier molecular flexibility index (Phi) is 7.39. The highest BCUT2D eigenvalue weighted by atomic mass is 19.4. The van der Waals surface area contributed by atoms with E-state index in [0.717, 1.165) is 18.3 Å². The predicted octanol–water partition coefficient (Wildman–Crippen LogP) is 3.94. The maximum Gasteiger partial charge on any atom is 0.416 e. The van der Waals surface area contributed by atoms with E-state index >= 15 is 4.39 Å². The number of hydrogen-bond acceptors (Lipinski definition) is 8. The zero-order valence-corrected chi connectivity index (χ0v) is 23.3. The molecular weight excluding hydrogens is 602 g/mol. The molecule has 6 rings (SSSR count). The zero-order chi connectivity index (χ0) is 32.1. The van der Waals surface area contributed by atoms with E-state index in [2.05, 4.69) is 20.3 Å². The molecule has 1 saturated heterocycles. The number of carbonyl (C=O) groups excluding carboxylic acids is 2. The average molecular weight is 628 g/mol. The van der Waals surface area contributed by atoms with Gasteiger partial charge in [-0.15, -0.1) is 0 Å². The number of morpholine rings is 1. The number of fused-ring (bicyclic) bond motifs is 1. The summed E-state index contributed by atoms with van der Waals surface area (Å²) in [4.78, 5) is 51.8. The van der Waals surface area contributed by atoms with Crippen LogP contribution in [-0.4, -0.2) is 66.8 Å². The molecule has 1 saturated carbocycles.